The second-order valence-corrected chi connectivity index (χ2v) is 4.83. The van der Waals surface area contributed by atoms with Gasteiger partial charge in [-0.05, 0) is 40.7 Å². The Hall–Kier alpha value is -1.82. The molecule has 0 aliphatic heterocycles. The Balaban J connectivity index is 2.57. The van der Waals surface area contributed by atoms with Crippen molar-refractivity contribution in [1.29, 1.82) is 0 Å². The van der Waals surface area contributed by atoms with Gasteiger partial charge in [0.25, 0.3) is 0 Å². The number of hydrogen-bond donors (Lipinski definition) is 3. The summed E-state index contributed by atoms with van der Waals surface area (Å²) in [4.78, 5) is 23.1. The van der Waals surface area contributed by atoms with Gasteiger partial charge in [0.05, 0.1) is 6.04 Å². The van der Waals surface area contributed by atoms with Gasteiger partial charge in [-0.25, -0.2) is 4.79 Å². The maximum atomic E-state index is 11.8. The molecule has 3 N–H and O–H groups in total. The lowest BCUT2D eigenvalue weighted by Gasteiger charge is -2.19. The Labute approximate surface area is 119 Å². The quantitative estimate of drug-likeness (QED) is 0.768. The lowest BCUT2D eigenvalue weighted by molar-refractivity contribution is -0.121. The highest BCUT2D eigenvalue weighted by molar-refractivity contribution is 5.96. The highest BCUT2D eigenvalue weighted by Crippen LogP contribution is 2.21. The Bertz CT molecular complexity index is 482. The highest BCUT2D eigenvalue weighted by Gasteiger charge is 2.20. The molecule has 1 rings (SSSR count). The zero-order chi connectivity index (χ0) is 15.3. The fourth-order valence-corrected chi connectivity index (χ4v) is 2.05. The number of rotatable bonds is 5. The predicted octanol–water partition coefficient (Wildman–Crippen LogP) is 1.78. The molecule has 0 fully saturated rings. The van der Waals surface area contributed by atoms with Crippen LogP contribution in [0.4, 0.5) is 4.79 Å². The van der Waals surface area contributed by atoms with E-state index < -0.39 is 12.1 Å². The molecule has 0 spiro atoms. The molecule has 1 aromatic heterocycles. The first-order valence-corrected chi connectivity index (χ1v) is 6.76. The standard InChI is InChI=1S/C14H23N3O3/c1-6-15-14(19)17-13(18)10(4)16-9(3)12-7-8(2)20-11(12)5/h7,9-10,16H,6H2,1-5H3,(H2,15,17,18,19). The molecule has 1 heterocycles. The van der Waals surface area contributed by atoms with E-state index in [2.05, 4.69) is 16.0 Å². The highest BCUT2D eigenvalue weighted by atomic mass is 16.3. The minimum Gasteiger partial charge on any atom is -0.466 e. The van der Waals surface area contributed by atoms with Crippen LogP contribution in [0.1, 0.15) is 43.9 Å². The molecule has 0 aliphatic rings. The molecule has 0 saturated carbocycles. The van der Waals surface area contributed by atoms with Crippen molar-refractivity contribution in [3.8, 4) is 0 Å². The van der Waals surface area contributed by atoms with E-state index in [1.54, 1.807) is 13.8 Å². The van der Waals surface area contributed by atoms with Gasteiger partial charge in [-0.15, -0.1) is 0 Å². The first kappa shape index (κ1) is 16.2. The smallest absolute Gasteiger partial charge is 0.321 e. The van der Waals surface area contributed by atoms with E-state index in [-0.39, 0.29) is 11.9 Å². The summed E-state index contributed by atoms with van der Waals surface area (Å²) in [7, 11) is 0. The molecular formula is C14H23N3O3. The summed E-state index contributed by atoms with van der Waals surface area (Å²) in [6, 6.07) is 0.945. The first-order valence-electron chi connectivity index (χ1n) is 6.76. The van der Waals surface area contributed by atoms with Gasteiger partial charge >= 0.3 is 6.03 Å². The van der Waals surface area contributed by atoms with Crippen LogP contribution in [-0.2, 0) is 4.79 Å². The molecule has 0 saturated heterocycles. The number of aryl methyl sites for hydroxylation is 2. The maximum absolute atomic E-state index is 11.8. The minimum atomic E-state index is -0.484. The Morgan fingerprint density at radius 1 is 1.30 bits per heavy atom. The molecular weight excluding hydrogens is 258 g/mol. The topological polar surface area (TPSA) is 83.4 Å². The lowest BCUT2D eigenvalue weighted by atomic mass is 10.1. The van der Waals surface area contributed by atoms with Gasteiger partial charge in [0.15, 0.2) is 0 Å². The van der Waals surface area contributed by atoms with Crippen LogP contribution in [-0.4, -0.2) is 24.5 Å². The van der Waals surface area contributed by atoms with E-state index in [1.807, 2.05) is 26.8 Å². The van der Waals surface area contributed by atoms with Crippen molar-refractivity contribution in [3.63, 3.8) is 0 Å². The zero-order valence-electron chi connectivity index (χ0n) is 12.7. The fraction of sp³-hybridized carbons (Fsp3) is 0.571. The molecule has 0 aliphatic carbocycles. The average molecular weight is 281 g/mol. The van der Waals surface area contributed by atoms with Crippen molar-refractivity contribution in [3.05, 3.63) is 23.2 Å². The van der Waals surface area contributed by atoms with Crippen LogP contribution in [0.15, 0.2) is 10.5 Å². The van der Waals surface area contributed by atoms with Crippen LogP contribution >= 0.6 is 0 Å². The molecule has 1 aromatic rings. The van der Waals surface area contributed by atoms with Gasteiger partial charge in [0.1, 0.15) is 11.5 Å². The summed E-state index contributed by atoms with van der Waals surface area (Å²) in [5, 5.41) is 7.94. The van der Waals surface area contributed by atoms with Crippen molar-refractivity contribution >= 4 is 11.9 Å². The lowest BCUT2D eigenvalue weighted by Crippen LogP contribution is -2.48. The van der Waals surface area contributed by atoms with E-state index in [0.29, 0.717) is 6.54 Å². The van der Waals surface area contributed by atoms with Gasteiger partial charge in [-0.1, -0.05) is 0 Å². The van der Waals surface area contributed by atoms with Crippen LogP contribution in [0.2, 0.25) is 0 Å². The summed E-state index contributed by atoms with van der Waals surface area (Å²) in [5.74, 6) is 1.31. The Morgan fingerprint density at radius 2 is 1.95 bits per heavy atom. The molecule has 2 unspecified atom stereocenters. The number of amides is 3. The number of carbonyl (C=O) groups excluding carboxylic acids is 2. The predicted molar refractivity (Wildman–Crippen MR) is 76.4 cm³/mol. The van der Waals surface area contributed by atoms with Gasteiger partial charge in [0, 0.05) is 18.2 Å². The number of carbonyl (C=O) groups is 2. The third-order valence-corrected chi connectivity index (χ3v) is 3.01. The van der Waals surface area contributed by atoms with E-state index in [0.717, 1.165) is 17.1 Å². The second kappa shape index (κ2) is 7.09. The molecule has 0 radical (unpaired) electrons. The van der Waals surface area contributed by atoms with Gasteiger partial charge in [-0.2, -0.15) is 0 Å². The van der Waals surface area contributed by atoms with Crippen molar-refractivity contribution in [2.75, 3.05) is 6.54 Å². The third kappa shape index (κ3) is 4.38. The SMILES string of the molecule is CCNC(=O)NC(=O)C(C)NC(C)c1cc(C)oc1C. The van der Waals surface area contributed by atoms with Crippen LogP contribution in [0.5, 0.6) is 0 Å². The van der Waals surface area contributed by atoms with Crippen molar-refractivity contribution in [2.45, 2.75) is 46.7 Å². The minimum absolute atomic E-state index is 0.0394. The molecule has 2 atom stereocenters. The maximum Gasteiger partial charge on any atom is 0.321 e. The summed E-state index contributed by atoms with van der Waals surface area (Å²) in [6.07, 6.45) is 0. The first-order chi connectivity index (χ1) is 9.35. The van der Waals surface area contributed by atoms with E-state index in [1.165, 1.54) is 0 Å². The summed E-state index contributed by atoms with van der Waals surface area (Å²) in [6.45, 7) is 9.71. The summed E-state index contributed by atoms with van der Waals surface area (Å²) < 4.78 is 5.47. The number of imide groups is 1. The summed E-state index contributed by atoms with van der Waals surface area (Å²) in [5.41, 5.74) is 1.01. The van der Waals surface area contributed by atoms with Crippen LogP contribution in [0.25, 0.3) is 0 Å². The Morgan fingerprint density at radius 3 is 2.45 bits per heavy atom. The summed E-state index contributed by atoms with van der Waals surface area (Å²) >= 11 is 0. The molecule has 0 bridgehead atoms. The number of urea groups is 1. The van der Waals surface area contributed by atoms with Gasteiger partial charge in [-0.3, -0.25) is 15.4 Å². The van der Waals surface area contributed by atoms with E-state index in [9.17, 15) is 9.59 Å². The largest absolute Gasteiger partial charge is 0.466 e. The number of hydrogen-bond acceptors (Lipinski definition) is 4. The molecule has 20 heavy (non-hydrogen) atoms. The van der Waals surface area contributed by atoms with Crippen LogP contribution < -0.4 is 16.0 Å². The van der Waals surface area contributed by atoms with E-state index in [4.69, 9.17) is 4.42 Å². The molecule has 0 aromatic carbocycles. The third-order valence-electron chi connectivity index (χ3n) is 3.01. The van der Waals surface area contributed by atoms with Gasteiger partial charge in [0.2, 0.25) is 5.91 Å². The number of furan rings is 1. The number of nitrogens with one attached hydrogen (secondary N) is 3. The average Bonchev–Trinajstić information content (AvgIpc) is 2.68. The van der Waals surface area contributed by atoms with Crippen LogP contribution in [0, 0.1) is 13.8 Å². The molecule has 3 amide bonds. The van der Waals surface area contributed by atoms with Crippen LogP contribution in [0.3, 0.4) is 0 Å². The van der Waals surface area contributed by atoms with Crippen molar-refractivity contribution in [2.24, 2.45) is 0 Å². The Kier molecular flexibility index (Phi) is 5.76. The van der Waals surface area contributed by atoms with Gasteiger partial charge < -0.3 is 9.73 Å². The van der Waals surface area contributed by atoms with Crippen molar-refractivity contribution in [1.82, 2.24) is 16.0 Å². The molecule has 6 nitrogen and oxygen atoms in total. The molecule has 112 valence electrons. The second-order valence-electron chi connectivity index (χ2n) is 4.83. The molecule has 6 heteroatoms. The van der Waals surface area contributed by atoms with E-state index >= 15 is 0 Å². The normalized spacial score (nSPS) is 13.7. The zero-order valence-corrected chi connectivity index (χ0v) is 12.7. The fourth-order valence-electron chi connectivity index (χ4n) is 2.05. The van der Waals surface area contributed by atoms with Crippen molar-refractivity contribution < 1.29 is 14.0 Å². The monoisotopic (exact) mass is 281 g/mol.